The van der Waals surface area contributed by atoms with Gasteiger partial charge in [0.1, 0.15) is 11.5 Å². The van der Waals surface area contributed by atoms with E-state index in [1.807, 2.05) is 24.0 Å². The molecular formula is C18H26N2O3. The maximum atomic E-state index is 12.9. The fourth-order valence-electron chi connectivity index (χ4n) is 4.07. The van der Waals surface area contributed by atoms with Gasteiger partial charge in [-0.2, -0.15) is 0 Å². The van der Waals surface area contributed by atoms with E-state index in [1.54, 1.807) is 14.2 Å². The monoisotopic (exact) mass is 318 g/mol. The van der Waals surface area contributed by atoms with E-state index >= 15 is 0 Å². The van der Waals surface area contributed by atoms with Crippen LogP contribution < -0.4 is 15.2 Å². The van der Waals surface area contributed by atoms with Crippen LogP contribution in [-0.4, -0.2) is 44.2 Å². The first-order valence-electron chi connectivity index (χ1n) is 8.32. The lowest BCUT2D eigenvalue weighted by Gasteiger charge is -2.29. The lowest BCUT2D eigenvalue weighted by molar-refractivity contribution is 0.0782. The molecule has 0 aromatic heterocycles. The second-order valence-electron chi connectivity index (χ2n) is 6.73. The Morgan fingerprint density at radius 2 is 1.83 bits per heavy atom. The predicted molar refractivity (Wildman–Crippen MR) is 89.0 cm³/mol. The first-order valence-corrected chi connectivity index (χ1v) is 8.32. The van der Waals surface area contributed by atoms with Crippen molar-refractivity contribution in [1.29, 1.82) is 0 Å². The van der Waals surface area contributed by atoms with Gasteiger partial charge in [0, 0.05) is 30.3 Å². The summed E-state index contributed by atoms with van der Waals surface area (Å²) in [5.41, 5.74) is 7.78. The number of amides is 1. The number of nitrogens with zero attached hydrogens (tertiary/aromatic N) is 1. The minimum absolute atomic E-state index is 0.0446. The summed E-state index contributed by atoms with van der Waals surface area (Å²) in [6, 6.07) is 3.85. The maximum absolute atomic E-state index is 12.9. The number of carbonyl (C=O) groups excluding carboxylic acids is 1. The van der Waals surface area contributed by atoms with Crippen LogP contribution in [0.15, 0.2) is 12.1 Å². The Bertz CT molecular complexity index is 577. The van der Waals surface area contributed by atoms with Gasteiger partial charge in [-0.25, -0.2) is 0 Å². The average molecular weight is 318 g/mol. The fraction of sp³-hybridized carbons (Fsp3) is 0.611. The highest BCUT2D eigenvalue weighted by Crippen LogP contribution is 2.37. The van der Waals surface area contributed by atoms with Gasteiger partial charge in [0.25, 0.3) is 5.91 Å². The van der Waals surface area contributed by atoms with Gasteiger partial charge in [0.15, 0.2) is 0 Å². The Morgan fingerprint density at radius 3 is 2.39 bits per heavy atom. The number of carbonyl (C=O) groups is 1. The van der Waals surface area contributed by atoms with Crippen molar-refractivity contribution in [1.82, 2.24) is 4.90 Å². The average Bonchev–Trinajstić information content (AvgIpc) is 3.00. The zero-order chi connectivity index (χ0) is 16.6. The molecule has 0 radical (unpaired) electrons. The number of hydrogen-bond donors (Lipinski definition) is 1. The van der Waals surface area contributed by atoms with E-state index in [9.17, 15) is 4.79 Å². The highest BCUT2D eigenvalue weighted by molar-refractivity contribution is 5.95. The molecule has 3 unspecified atom stereocenters. The number of methoxy groups -OCH3 is 2. The summed E-state index contributed by atoms with van der Waals surface area (Å²) < 4.78 is 10.8. The van der Waals surface area contributed by atoms with Crippen molar-refractivity contribution in [2.75, 3.05) is 27.3 Å². The van der Waals surface area contributed by atoms with Crippen molar-refractivity contribution in [3.8, 4) is 11.5 Å². The summed E-state index contributed by atoms with van der Waals surface area (Å²) in [7, 11) is 3.22. The Kier molecular flexibility index (Phi) is 4.48. The SMILES string of the molecule is COc1cc(C(=O)N2CC3CCCC(N)C3C2)cc(OC)c1C. The molecule has 1 amide bonds. The van der Waals surface area contributed by atoms with Gasteiger partial charge >= 0.3 is 0 Å². The molecule has 0 spiro atoms. The van der Waals surface area contributed by atoms with Crippen LogP contribution in [0.25, 0.3) is 0 Å². The molecule has 0 bridgehead atoms. The number of ether oxygens (including phenoxy) is 2. The summed E-state index contributed by atoms with van der Waals surface area (Å²) in [4.78, 5) is 14.9. The van der Waals surface area contributed by atoms with Crippen LogP contribution in [0, 0.1) is 18.8 Å². The van der Waals surface area contributed by atoms with Crippen molar-refractivity contribution in [3.63, 3.8) is 0 Å². The van der Waals surface area contributed by atoms with Crippen molar-refractivity contribution < 1.29 is 14.3 Å². The number of fused-ring (bicyclic) bond motifs is 1. The maximum Gasteiger partial charge on any atom is 0.254 e. The number of nitrogens with two attached hydrogens (primary N) is 1. The molecule has 5 heteroatoms. The summed E-state index contributed by atoms with van der Waals surface area (Å²) in [5.74, 6) is 2.41. The van der Waals surface area contributed by atoms with Crippen molar-refractivity contribution in [2.45, 2.75) is 32.2 Å². The Balaban J connectivity index is 1.83. The summed E-state index contributed by atoms with van der Waals surface area (Å²) in [6.45, 7) is 3.51. The summed E-state index contributed by atoms with van der Waals surface area (Å²) >= 11 is 0. The van der Waals surface area contributed by atoms with Gasteiger partial charge in [-0.05, 0) is 43.7 Å². The zero-order valence-electron chi connectivity index (χ0n) is 14.2. The van der Waals surface area contributed by atoms with E-state index in [4.69, 9.17) is 15.2 Å². The van der Waals surface area contributed by atoms with Crippen LogP contribution in [0.3, 0.4) is 0 Å². The zero-order valence-corrected chi connectivity index (χ0v) is 14.2. The van der Waals surface area contributed by atoms with Crippen LogP contribution in [0.1, 0.15) is 35.2 Å². The Morgan fingerprint density at radius 1 is 1.17 bits per heavy atom. The molecule has 23 heavy (non-hydrogen) atoms. The molecule has 2 fully saturated rings. The van der Waals surface area contributed by atoms with Crippen LogP contribution >= 0.6 is 0 Å². The van der Waals surface area contributed by atoms with Crippen LogP contribution in [0.2, 0.25) is 0 Å². The number of hydrogen-bond acceptors (Lipinski definition) is 4. The molecule has 1 heterocycles. The fourth-order valence-corrected chi connectivity index (χ4v) is 4.07. The molecule has 5 nitrogen and oxygen atoms in total. The molecule has 1 aromatic rings. The van der Waals surface area contributed by atoms with E-state index in [1.165, 1.54) is 12.8 Å². The number of benzene rings is 1. The Labute approximate surface area is 137 Å². The largest absolute Gasteiger partial charge is 0.496 e. The van der Waals surface area contributed by atoms with Crippen LogP contribution in [0.4, 0.5) is 0 Å². The third-order valence-corrected chi connectivity index (χ3v) is 5.44. The van der Waals surface area contributed by atoms with Gasteiger partial charge in [-0.3, -0.25) is 4.79 Å². The third kappa shape index (κ3) is 2.90. The van der Waals surface area contributed by atoms with E-state index in [0.717, 1.165) is 25.1 Å². The van der Waals surface area contributed by atoms with Gasteiger partial charge < -0.3 is 20.1 Å². The molecule has 2 aliphatic rings. The second kappa shape index (κ2) is 6.40. The smallest absolute Gasteiger partial charge is 0.254 e. The molecule has 126 valence electrons. The Hall–Kier alpha value is -1.75. The first kappa shape index (κ1) is 16.1. The molecule has 1 saturated carbocycles. The minimum Gasteiger partial charge on any atom is -0.496 e. The lowest BCUT2D eigenvalue weighted by atomic mass is 9.78. The van der Waals surface area contributed by atoms with E-state index in [0.29, 0.717) is 28.9 Å². The van der Waals surface area contributed by atoms with Gasteiger partial charge in [-0.15, -0.1) is 0 Å². The van der Waals surface area contributed by atoms with Crippen LogP contribution in [0.5, 0.6) is 11.5 Å². The minimum atomic E-state index is 0.0446. The van der Waals surface area contributed by atoms with Crippen molar-refractivity contribution in [3.05, 3.63) is 23.3 Å². The van der Waals surface area contributed by atoms with E-state index in [-0.39, 0.29) is 11.9 Å². The first-order chi connectivity index (χ1) is 11.0. The molecule has 1 aliphatic carbocycles. The molecule has 1 aromatic carbocycles. The molecule has 1 aliphatic heterocycles. The number of rotatable bonds is 3. The predicted octanol–water partition coefficient (Wildman–Crippen LogP) is 2.21. The van der Waals surface area contributed by atoms with Crippen LogP contribution in [-0.2, 0) is 0 Å². The topological polar surface area (TPSA) is 64.8 Å². The summed E-state index contributed by atoms with van der Waals surface area (Å²) in [6.07, 6.45) is 3.44. The molecule has 3 rings (SSSR count). The van der Waals surface area contributed by atoms with Crippen molar-refractivity contribution >= 4 is 5.91 Å². The second-order valence-corrected chi connectivity index (χ2v) is 6.73. The third-order valence-electron chi connectivity index (χ3n) is 5.44. The molecule has 3 atom stereocenters. The van der Waals surface area contributed by atoms with E-state index < -0.39 is 0 Å². The number of likely N-dealkylation sites (tertiary alicyclic amines) is 1. The normalized spacial score (nSPS) is 26.8. The molecule has 1 saturated heterocycles. The lowest BCUT2D eigenvalue weighted by Crippen LogP contribution is -2.38. The van der Waals surface area contributed by atoms with Gasteiger partial charge in [-0.1, -0.05) is 6.42 Å². The van der Waals surface area contributed by atoms with Gasteiger partial charge in [0.2, 0.25) is 0 Å². The van der Waals surface area contributed by atoms with E-state index in [2.05, 4.69) is 0 Å². The molecule has 2 N–H and O–H groups in total. The highest BCUT2D eigenvalue weighted by atomic mass is 16.5. The summed E-state index contributed by atoms with van der Waals surface area (Å²) in [5, 5.41) is 0. The highest BCUT2D eigenvalue weighted by Gasteiger charge is 2.40. The molecular weight excluding hydrogens is 292 g/mol. The quantitative estimate of drug-likeness (QED) is 0.928. The van der Waals surface area contributed by atoms with Crippen molar-refractivity contribution in [2.24, 2.45) is 17.6 Å². The van der Waals surface area contributed by atoms with Gasteiger partial charge in [0.05, 0.1) is 14.2 Å². The standard InChI is InChI=1S/C18H26N2O3/c1-11-16(22-2)7-13(8-17(11)23-3)18(21)20-9-12-5-4-6-15(19)14(12)10-20/h7-8,12,14-15H,4-6,9-10,19H2,1-3H3.